The quantitative estimate of drug-likeness (QED) is 0.841. The zero-order valence-corrected chi connectivity index (χ0v) is 12.4. The molecule has 0 amide bonds. The van der Waals surface area contributed by atoms with Crippen LogP contribution in [0, 0.1) is 0 Å². The van der Waals surface area contributed by atoms with Gasteiger partial charge in [0, 0.05) is 0 Å². The fourth-order valence-corrected chi connectivity index (χ4v) is 2.99. The van der Waals surface area contributed by atoms with Gasteiger partial charge in [-0.05, 0) is 48.9 Å². The Morgan fingerprint density at radius 3 is 2.68 bits per heavy atom. The maximum absolute atomic E-state index is 6.51. The molecule has 0 unspecified atom stereocenters. The van der Waals surface area contributed by atoms with Gasteiger partial charge in [-0.3, -0.25) is 0 Å². The first kappa shape index (κ1) is 14.5. The van der Waals surface area contributed by atoms with Crippen molar-refractivity contribution in [2.75, 3.05) is 19.8 Å². The van der Waals surface area contributed by atoms with Gasteiger partial charge in [0.15, 0.2) is 11.5 Å². The van der Waals surface area contributed by atoms with Gasteiger partial charge in [0.2, 0.25) is 0 Å². The number of benzene rings is 1. The standard InChI is InChI=1S/C15H22ClNO2/c1-10(2)13-11(5-3-4-6-17)9-12-15(14(13)16)19-8-7-18-12/h9-10H,3-8,17H2,1-2H3. The van der Waals surface area contributed by atoms with E-state index in [9.17, 15) is 0 Å². The Labute approximate surface area is 120 Å². The lowest BCUT2D eigenvalue weighted by Crippen LogP contribution is -2.17. The fourth-order valence-electron chi connectivity index (χ4n) is 2.50. The molecule has 19 heavy (non-hydrogen) atoms. The lowest BCUT2D eigenvalue weighted by molar-refractivity contribution is 0.171. The second kappa shape index (κ2) is 6.49. The summed E-state index contributed by atoms with van der Waals surface area (Å²) in [7, 11) is 0. The van der Waals surface area contributed by atoms with Crippen LogP contribution < -0.4 is 15.2 Å². The van der Waals surface area contributed by atoms with Crippen molar-refractivity contribution in [1.82, 2.24) is 0 Å². The van der Waals surface area contributed by atoms with E-state index in [0.717, 1.165) is 36.6 Å². The highest BCUT2D eigenvalue weighted by Gasteiger charge is 2.22. The summed E-state index contributed by atoms with van der Waals surface area (Å²) in [6, 6.07) is 2.09. The number of hydrogen-bond donors (Lipinski definition) is 1. The number of halogens is 1. The topological polar surface area (TPSA) is 44.5 Å². The van der Waals surface area contributed by atoms with E-state index < -0.39 is 0 Å². The molecule has 0 spiro atoms. The van der Waals surface area contributed by atoms with Crippen LogP contribution in [-0.4, -0.2) is 19.8 Å². The second-order valence-electron chi connectivity index (χ2n) is 5.19. The van der Waals surface area contributed by atoms with Crippen molar-refractivity contribution in [3.05, 3.63) is 22.2 Å². The van der Waals surface area contributed by atoms with E-state index in [4.69, 9.17) is 26.8 Å². The van der Waals surface area contributed by atoms with Gasteiger partial charge in [-0.15, -0.1) is 0 Å². The van der Waals surface area contributed by atoms with Crippen LogP contribution in [-0.2, 0) is 6.42 Å². The van der Waals surface area contributed by atoms with Gasteiger partial charge < -0.3 is 15.2 Å². The van der Waals surface area contributed by atoms with Gasteiger partial charge in [-0.2, -0.15) is 0 Å². The SMILES string of the molecule is CC(C)c1c(CCCCN)cc2c(c1Cl)OCCO2. The molecule has 1 aromatic carbocycles. The molecule has 0 saturated heterocycles. The summed E-state index contributed by atoms with van der Waals surface area (Å²) in [5, 5.41) is 0.718. The van der Waals surface area contributed by atoms with Gasteiger partial charge in [0.05, 0.1) is 5.02 Å². The molecule has 0 bridgehead atoms. The zero-order valence-electron chi connectivity index (χ0n) is 11.7. The molecule has 2 rings (SSSR count). The van der Waals surface area contributed by atoms with E-state index in [1.54, 1.807) is 0 Å². The summed E-state index contributed by atoms with van der Waals surface area (Å²) in [5.74, 6) is 1.86. The third kappa shape index (κ3) is 3.15. The largest absolute Gasteiger partial charge is 0.486 e. The van der Waals surface area contributed by atoms with Crippen molar-refractivity contribution in [3.63, 3.8) is 0 Å². The first-order valence-electron chi connectivity index (χ1n) is 6.96. The summed E-state index contributed by atoms with van der Waals surface area (Å²) < 4.78 is 11.3. The van der Waals surface area contributed by atoms with Crippen molar-refractivity contribution in [2.45, 2.75) is 39.0 Å². The van der Waals surface area contributed by atoms with Crippen molar-refractivity contribution >= 4 is 11.6 Å². The summed E-state index contributed by atoms with van der Waals surface area (Å²) in [5.41, 5.74) is 8.01. The minimum absolute atomic E-state index is 0.371. The zero-order chi connectivity index (χ0) is 13.8. The number of unbranched alkanes of at least 4 members (excludes halogenated alkanes) is 1. The van der Waals surface area contributed by atoms with Crippen LogP contribution in [0.3, 0.4) is 0 Å². The molecule has 2 N–H and O–H groups in total. The highest BCUT2D eigenvalue weighted by molar-refractivity contribution is 6.33. The predicted octanol–water partition coefficient (Wildman–Crippen LogP) is 3.52. The van der Waals surface area contributed by atoms with Gasteiger partial charge in [-0.25, -0.2) is 0 Å². The van der Waals surface area contributed by atoms with E-state index in [-0.39, 0.29) is 0 Å². The van der Waals surface area contributed by atoms with Crippen LogP contribution in [0.25, 0.3) is 0 Å². The van der Waals surface area contributed by atoms with E-state index in [1.165, 1.54) is 11.1 Å². The molecule has 106 valence electrons. The number of rotatable bonds is 5. The molecule has 0 atom stereocenters. The fraction of sp³-hybridized carbons (Fsp3) is 0.600. The Kier molecular flexibility index (Phi) is 4.94. The van der Waals surface area contributed by atoms with Gasteiger partial charge in [0.1, 0.15) is 13.2 Å². The molecule has 3 nitrogen and oxygen atoms in total. The summed E-state index contributed by atoms with van der Waals surface area (Å²) >= 11 is 6.51. The van der Waals surface area contributed by atoms with Crippen molar-refractivity contribution < 1.29 is 9.47 Å². The molecule has 1 aromatic rings. The third-order valence-electron chi connectivity index (χ3n) is 3.38. The van der Waals surface area contributed by atoms with Crippen LogP contribution in [0.1, 0.15) is 43.7 Å². The van der Waals surface area contributed by atoms with Crippen LogP contribution in [0.4, 0.5) is 0 Å². The molecular formula is C15H22ClNO2. The summed E-state index contributed by atoms with van der Waals surface area (Å²) in [4.78, 5) is 0. The lowest BCUT2D eigenvalue weighted by Gasteiger charge is -2.24. The smallest absolute Gasteiger partial charge is 0.180 e. The molecular weight excluding hydrogens is 262 g/mol. The minimum Gasteiger partial charge on any atom is -0.486 e. The number of aryl methyl sites for hydroxylation is 1. The number of ether oxygens (including phenoxy) is 2. The average Bonchev–Trinajstić information content (AvgIpc) is 2.39. The van der Waals surface area contributed by atoms with E-state index in [1.807, 2.05) is 0 Å². The van der Waals surface area contributed by atoms with Crippen LogP contribution in [0.15, 0.2) is 6.07 Å². The van der Waals surface area contributed by atoms with Crippen LogP contribution in [0.2, 0.25) is 5.02 Å². The second-order valence-corrected chi connectivity index (χ2v) is 5.57. The molecule has 0 radical (unpaired) electrons. The lowest BCUT2D eigenvalue weighted by atomic mass is 9.93. The Morgan fingerprint density at radius 2 is 2.00 bits per heavy atom. The molecule has 0 saturated carbocycles. The number of nitrogens with two attached hydrogens (primary N) is 1. The molecule has 1 heterocycles. The highest BCUT2D eigenvalue weighted by Crippen LogP contribution is 2.44. The van der Waals surface area contributed by atoms with Gasteiger partial charge in [0.25, 0.3) is 0 Å². The maximum Gasteiger partial charge on any atom is 0.180 e. The molecule has 0 aliphatic carbocycles. The van der Waals surface area contributed by atoms with Crippen LogP contribution >= 0.6 is 11.6 Å². The summed E-state index contributed by atoms with van der Waals surface area (Å²) in [6.07, 6.45) is 3.09. The van der Waals surface area contributed by atoms with Crippen molar-refractivity contribution in [3.8, 4) is 11.5 Å². The Hall–Kier alpha value is -0.930. The van der Waals surface area contributed by atoms with E-state index in [0.29, 0.717) is 24.9 Å². The Balaban J connectivity index is 2.36. The first-order valence-corrected chi connectivity index (χ1v) is 7.34. The number of hydrogen-bond acceptors (Lipinski definition) is 3. The Bertz CT molecular complexity index is 446. The third-order valence-corrected chi connectivity index (χ3v) is 3.75. The normalized spacial score (nSPS) is 13.9. The Morgan fingerprint density at radius 1 is 1.26 bits per heavy atom. The molecule has 0 fully saturated rings. The first-order chi connectivity index (χ1) is 9.15. The van der Waals surface area contributed by atoms with Crippen molar-refractivity contribution in [2.24, 2.45) is 5.73 Å². The van der Waals surface area contributed by atoms with Crippen molar-refractivity contribution in [1.29, 1.82) is 0 Å². The molecule has 1 aliphatic heterocycles. The van der Waals surface area contributed by atoms with E-state index in [2.05, 4.69) is 19.9 Å². The monoisotopic (exact) mass is 283 g/mol. The predicted molar refractivity (Wildman–Crippen MR) is 78.5 cm³/mol. The minimum atomic E-state index is 0.371. The molecule has 1 aliphatic rings. The molecule has 4 heteroatoms. The van der Waals surface area contributed by atoms with E-state index >= 15 is 0 Å². The van der Waals surface area contributed by atoms with Crippen LogP contribution in [0.5, 0.6) is 11.5 Å². The maximum atomic E-state index is 6.51. The average molecular weight is 284 g/mol. The highest BCUT2D eigenvalue weighted by atomic mass is 35.5. The van der Waals surface area contributed by atoms with Gasteiger partial charge >= 0.3 is 0 Å². The van der Waals surface area contributed by atoms with Gasteiger partial charge in [-0.1, -0.05) is 25.4 Å². The molecule has 0 aromatic heterocycles. The number of fused-ring (bicyclic) bond motifs is 1. The summed E-state index contributed by atoms with van der Waals surface area (Å²) in [6.45, 7) is 6.20.